The number of ether oxygens (including phenoxy) is 3. The summed E-state index contributed by atoms with van der Waals surface area (Å²) in [5.74, 6) is 2.99. The average molecular weight is 495 g/mol. The molecule has 1 aliphatic rings. The van der Waals surface area contributed by atoms with Gasteiger partial charge in [-0.25, -0.2) is 4.98 Å². The van der Waals surface area contributed by atoms with Gasteiger partial charge in [-0.1, -0.05) is 6.07 Å². The molecule has 36 heavy (non-hydrogen) atoms. The van der Waals surface area contributed by atoms with Crippen LogP contribution in [0.15, 0.2) is 24.3 Å². The predicted molar refractivity (Wildman–Crippen MR) is 145 cm³/mol. The Hall–Kier alpha value is -3.46. The monoisotopic (exact) mass is 494 g/mol. The van der Waals surface area contributed by atoms with E-state index in [1.54, 1.807) is 14.2 Å². The molecule has 3 aromatic rings. The topological polar surface area (TPSA) is 112 Å². The lowest BCUT2D eigenvalue weighted by molar-refractivity contribution is 0.194. The van der Waals surface area contributed by atoms with Gasteiger partial charge in [-0.3, -0.25) is 4.90 Å². The maximum atomic E-state index is 6.35. The van der Waals surface area contributed by atoms with E-state index < -0.39 is 0 Å². The van der Waals surface area contributed by atoms with Gasteiger partial charge in [0.25, 0.3) is 0 Å². The zero-order chi connectivity index (χ0) is 26.0. The Balaban J connectivity index is 1.63. The lowest BCUT2D eigenvalue weighted by Crippen LogP contribution is -2.33. The Bertz CT molecular complexity index is 1220. The number of hydrogen-bond donors (Lipinski definition) is 2. The van der Waals surface area contributed by atoms with Gasteiger partial charge in [0.05, 0.1) is 31.2 Å². The van der Waals surface area contributed by atoms with E-state index >= 15 is 0 Å². The second kappa shape index (κ2) is 10.7. The third kappa shape index (κ3) is 5.06. The SMILES string of the molecule is COc1cc2nc(N)nc(N)c2c(C2CCN(Cc3c(OC(C)C)cccc3N(C)C)CC2)c1OC. The van der Waals surface area contributed by atoms with E-state index in [1.807, 2.05) is 6.07 Å². The van der Waals surface area contributed by atoms with E-state index in [2.05, 4.69) is 65.9 Å². The molecule has 0 bridgehead atoms. The summed E-state index contributed by atoms with van der Waals surface area (Å²) in [5.41, 5.74) is 16.3. The molecular formula is C27H38N6O3. The van der Waals surface area contributed by atoms with Gasteiger partial charge in [-0.15, -0.1) is 0 Å². The van der Waals surface area contributed by atoms with Crippen molar-refractivity contribution in [2.24, 2.45) is 0 Å². The van der Waals surface area contributed by atoms with E-state index in [9.17, 15) is 0 Å². The Labute approximate surface area is 213 Å². The lowest BCUT2D eigenvalue weighted by Gasteiger charge is -2.34. The molecule has 9 heteroatoms. The van der Waals surface area contributed by atoms with Crippen molar-refractivity contribution in [3.05, 3.63) is 35.4 Å². The van der Waals surface area contributed by atoms with Crippen LogP contribution in [0.4, 0.5) is 17.5 Å². The van der Waals surface area contributed by atoms with Crippen LogP contribution in [0.2, 0.25) is 0 Å². The van der Waals surface area contributed by atoms with Crippen molar-refractivity contribution >= 4 is 28.4 Å². The molecule has 1 fully saturated rings. The molecule has 1 aliphatic heterocycles. The number of methoxy groups -OCH3 is 2. The summed E-state index contributed by atoms with van der Waals surface area (Å²) in [6.45, 7) is 6.79. The van der Waals surface area contributed by atoms with Gasteiger partial charge in [0.15, 0.2) is 11.5 Å². The number of aromatic nitrogens is 2. The van der Waals surface area contributed by atoms with E-state index in [4.69, 9.17) is 25.7 Å². The summed E-state index contributed by atoms with van der Waals surface area (Å²) in [5, 5.41) is 0.797. The summed E-state index contributed by atoms with van der Waals surface area (Å²) in [6, 6.07) is 8.09. The molecule has 2 heterocycles. The van der Waals surface area contributed by atoms with Crippen LogP contribution in [0, 0.1) is 0 Å². The first-order valence-electron chi connectivity index (χ1n) is 12.4. The van der Waals surface area contributed by atoms with Crippen LogP contribution in [-0.4, -0.2) is 62.4 Å². The van der Waals surface area contributed by atoms with Crippen molar-refractivity contribution in [3.8, 4) is 17.2 Å². The van der Waals surface area contributed by atoms with Gasteiger partial charge >= 0.3 is 0 Å². The number of nitrogens with zero attached hydrogens (tertiary/aromatic N) is 4. The van der Waals surface area contributed by atoms with Crippen molar-refractivity contribution in [2.45, 2.75) is 45.3 Å². The zero-order valence-electron chi connectivity index (χ0n) is 22.2. The first-order chi connectivity index (χ1) is 17.2. The van der Waals surface area contributed by atoms with Crippen LogP contribution in [0.5, 0.6) is 17.2 Å². The Morgan fingerprint density at radius 1 is 1.06 bits per heavy atom. The second-order valence-corrected chi connectivity index (χ2v) is 9.75. The average Bonchev–Trinajstić information content (AvgIpc) is 2.83. The molecule has 2 aromatic carbocycles. The second-order valence-electron chi connectivity index (χ2n) is 9.75. The zero-order valence-corrected chi connectivity index (χ0v) is 22.2. The minimum atomic E-state index is 0.113. The quantitative estimate of drug-likeness (QED) is 0.479. The first kappa shape index (κ1) is 25.6. The van der Waals surface area contributed by atoms with Gasteiger partial charge in [-0.05, 0) is 57.8 Å². The summed E-state index contributed by atoms with van der Waals surface area (Å²) in [7, 11) is 7.43. The highest BCUT2D eigenvalue weighted by atomic mass is 16.5. The third-order valence-electron chi connectivity index (χ3n) is 6.74. The predicted octanol–water partition coefficient (Wildman–Crippen LogP) is 4.04. The van der Waals surface area contributed by atoms with E-state index in [0.717, 1.165) is 49.2 Å². The molecule has 0 spiro atoms. The van der Waals surface area contributed by atoms with Crippen molar-refractivity contribution < 1.29 is 14.2 Å². The number of likely N-dealkylation sites (tertiary alicyclic amines) is 1. The number of benzene rings is 2. The van der Waals surface area contributed by atoms with Crippen LogP contribution in [0.25, 0.3) is 10.9 Å². The molecule has 9 nitrogen and oxygen atoms in total. The molecule has 0 aliphatic carbocycles. The van der Waals surface area contributed by atoms with E-state index in [1.165, 1.54) is 11.3 Å². The number of nitrogens with two attached hydrogens (primary N) is 2. The van der Waals surface area contributed by atoms with E-state index in [0.29, 0.717) is 22.8 Å². The number of fused-ring (bicyclic) bond motifs is 1. The minimum Gasteiger partial charge on any atom is -0.493 e. The number of hydrogen-bond acceptors (Lipinski definition) is 9. The first-order valence-corrected chi connectivity index (χ1v) is 12.4. The molecule has 1 aromatic heterocycles. The standard InChI is InChI=1S/C27H38N6O3/c1-16(2)36-21-9-7-8-20(32(3)4)18(21)15-33-12-10-17(11-13-33)23-24-19(30-27(29)31-26(24)28)14-22(34-5)25(23)35-6/h7-9,14,16-17H,10-13,15H2,1-6H3,(H4,28,29,30,31). The van der Waals surface area contributed by atoms with E-state index in [-0.39, 0.29) is 18.0 Å². The maximum absolute atomic E-state index is 6.35. The fraction of sp³-hybridized carbons (Fsp3) is 0.481. The molecule has 0 saturated carbocycles. The van der Waals surface area contributed by atoms with Crippen LogP contribution in [-0.2, 0) is 6.54 Å². The molecule has 194 valence electrons. The molecule has 0 amide bonds. The largest absolute Gasteiger partial charge is 0.493 e. The normalized spacial score (nSPS) is 14.9. The summed E-state index contributed by atoms with van der Waals surface area (Å²) in [6.07, 6.45) is 1.99. The highest BCUT2D eigenvalue weighted by Gasteiger charge is 2.29. The van der Waals surface area contributed by atoms with Crippen LogP contribution in [0.1, 0.15) is 43.7 Å². The smallest absolute Gasteiger partial charge is 0.222 e. The van der Waals surface area contributed by atoms with Crippen molar-refractivity contribution in [3.63, 3.8) is 0 Å². The molecule has 0 unspecified atom stereocenters. The number of rotatable bonds is 8. The molecule has 0 radical (unpaired) electrons. The van der Waals surface area contributed by atoms with Gasteiger partial charge in [0.1, 0.15) is 11.6 Å². The van der Waals surface area contributed by atoms with Crippen molar-refractivity contribution in [2.75, 3.05) is 57.8 Å². The highest BCUT2D eigenvalue weighted by Crippen LogP contribution is 2.46. The maximum Gasteiger partial charge on any atom is 0.222 e. The Morgan fingerprint density at radius 2 is 1.78 bits per heavy atom. The Kier molecular flexibility index (Phi) is 7.59. The van der Waals surface area contributed by atoms with Gasteiger partial charge in [0.2, 0.25) is 5.95 Å². The van der Waals surface area contributed by atoms with Gasteiger partial charge < -0.3 is 30.6 Å². The summed E-state index contributed by atoms with van der Waals surface area (Å²) >= 11 is 0. The number of nitrogen functional groups attached to an aromatic ring is 2. The van der Waals surface area contributed by atoms with Crippen LogP contribution < -0.4 is 30.6 Å². The number of anilines is 3. The highest BCUT2D eigenvalue weighted by molar-refractivity contribution is 5.96. The fourth-order valence-corrected chi connectivity index (χ4v) is 5.18. The van der Waals surface area contributed by atoms with Crippen LogP contribution >= 0.6 is 0 Å². The molecular weight excluding hydrogens is 456 g/mol. The molecule has 1 saturated heterocycles. The summed E-state index contributed by atoms with van der Waals surface area (Å²) < 4.78 is 17.6. The third-order valence-corrected chi connectivity index (χ3v) is 6.74. The lowest BCUT2D eigenvalue weighted by atomic mass is 9.86. The van der Waals surface area contributed by atoms with Crippen LogP contribution in [0.3, 0.4) is 0 Å². The molecule has 4 rings (SSSR count). The van der Waals surface area contributed by atoms with Gasteiger partial charge in [0, 0.05) is 43.5 Å². The van der Waals surface area contributed by atoms with Crippen molar-refractivity contribution in [1.82, 2.24) is 14.9 Å². The number of piperidine rings is 1. The van der Waals surface area contributed by atoms with Crippen molar-refractivity contribution in [1.29, 1.82) is 0 Å². The van der Waals surface area contributed by atoms with Gasteiger partial charge in [-0.2, -0.15) is 4.98 Å². The minimum absolute atomic E-state index is 0.113. The molecule has 0 atom stereocenters. The molecule has 4 N–H and O–H groups in total. The summed E-state index contributed by atoms with van der Waals surface area (Å²) in [4.78, 5) is 13.3. The fourth-order valence-electron chi connectivity index (χ4n) is 5.18. The Morgan fingerprint density at radius 3 is 2.39 bits per heavy atom.